The molecule has 9 nitrogen and oxygen atoms in total. The van der Waals surface area contributed by atoms with Crippen molar-refractivity contribution in [3.05, 3.63) is 60.8 Å². The summed E-state index contributed by atoms with van der Waals surface area (Å²) in [6.07, 6.45) is 89.2. The first-order chi connectivity index (χ1) is 42.0. The first-order valence-electron chi connectivity index (χ1n) is 37.0. The highest BCUT2D eigenvalue weighted by Crippen LogP contribution is 2.43. The number of allylic oxidation sites excluding steroid dienone is 10. The van der Waals surface area contributed by atoms with Crippen LogP contribution in [0.2, 0.25) is 0 Å². The van der Waals surface area contributed by atoms with Crippen LogP contribution in [0.5, 0.6) is 0 Å². The molecule has 0 radical (unpaired) electrons. The zero-order valence-electron chi connectivity index (χ0n) is 57.6. The van der Waals surface area contributed by atoms with Crippen LogP contribution in [-0.2, 0) is 32.7 Å². The number of esters is 2. The molecule has 2 atom stereocenters. The highest BCUT2D eigenvalue weighted by molar-refractivity contribution is 7.47. The summed E-state index contributed by atoms with van der Waals surface area (Å²) in [5.41, 5.74) is 0. The third-order valence-electron chi connectivity index (χ3n) is 16.5. The maximum atomic E-state index is 12.9. The van der Waals surface area contributed by atoms with Gasteiger partial charge in [-0.2, -0.15) is 0 Å². The van der Waals surface area contributed by atoms with Crippen LogP contribution >= 0.6 is 7.82 Å². The second-order valence-electron chi connectivity index (χ2n) is 26.3. The zero-order chi connectivity index (χ0) is 62.6. The number of carbonyl (C=O) groups excluding carboxylic acids is 2. The van der Waals surface area contributed by atoms with Gasteiger partial charge in [0.05, 0.1) is 27.7 Å². The van der Waals surface area contributed by atoms with Crippen LogP contribution < -0.4 is 0 Å². The molecular formula is C76H143NO8P+. The molecule has 0 heterocycles. The molecule has 0 fully saturated rings. The Labute approximate surface area is 534 Å². The molecule has 0 amide bonds. The van der Waals surface area contributed by atoms with E-state index in [0.717, 1.165) is 57.8 Å². The lowest BCUT2D eigenvalue weighted by atomic mass is 10.0. The molecule has 86 heavy (non-hydrogen) atoms. The van der Waals surface area contributed by atoms with E-state index in [-0.39, 0.29) is 25.6 Å². The highest BCUT2D eigenvalue weighted by Gasteiger charge is 2.27. The van der Waals surface area contributed by atoms with Crippen molar-refractivity contribution in [3.8, 4) is 0 Å². The van der Waals surface area contributed by atoms with Gasteiger partial charge in [0.15, 0.2) is 6.10 Å². The number of ether oxygens (including phenoxy) is 2. The molecule has 0 bridgehead atoms. The van der Waals surface area contributed by atoms with Crippen molar-refractivity contribution in [3.63, 3.8) is 0 Å². The van der Waals surface area contributed by atoms with Gasteiger partial charge in [-0.25, -0.2) is 4.57 Å². The number of quaternary nitrogens is 1. The monoisotopic (exact) mass is 1230 g/mol. The van der Waals surface area contributed by atoms with E-state index < -0.39 is 26.5 Å². The SMILES string of the molecule is CC/C=C\C/C=C\C/C=C\C/C=C\CCCCCCCCCCCCCCCCCCCCCCCCCCC(=O)OC(COC(=O)CCCCCCCCCCCCCCC/C=C\CCCCCCCCCC)COP(=O)(O)OCC[N+](C)(C)C. The molecule has 0 spiro atoms. The molecule has 0 aliphatic heterocycles. The topological polar surface area (TPSA) is 108 Å². The number of hydrogen-bond donors (Lipinski definition) is 1. The standard InChI is InChI=1S/C76H142NO8P/c1-6-8-10-12-14-16-18-20-22-24-26-28-30-32-33-34-35-36-37-38-39-40-41-42-43-45-47-49-51-53-55-57-59-61-63-65-67-69-76(79)85-74(73-84-86(80,81)83-71-70-77(3,4)5)72-82-75(78)68-66-64-62-60-58-56-54-52-50-48-46-44-31-29-27-25-23-21-19-17-15-13-11-9-7-2/h8,10,14,16,20,22,25-28,74H,6-7,9,11-13,15,17-19,21,23-24,29-73H2,1-5H3/p+1/b10-8-,16-14-,22-20-,27-25-,28-26-. The summed E-state index contributed by atoms with van der Waals surface area (Å²) in [5.74, 6) is -0.777. The van der Waals surface area contributed by atoms with Crippen LogP contribution in [-0.4, -0.2) is 74.9 Å². The van der Waals surface area contributed by atoms with Crippen molar-refractivity contribution < 1.29 is 42.1 Å². The largest absolute Gasteiger partial charge is 0.472 e. The minimum absolute atomic E-state index is 0.0337. The quantitative estimate of drug-likeness (QED) is 0.0211. The number of unbranched alkanes of at least 4 members (excludes halogenated alkanes) is 45. The normalized spacial score (nSPS) is 13.4. The van der Waals surface area contributed by atoms with Crippen LogP contribution in [0.4, 0.5) is 0 Å². The summed E-state index contributed by atoms with van der Waals surface area (Å²) in [6.45, 7) is 4.38. The summed E-state index contributed by atoms with van der Waals surface area (Å²) in [7, 11) is 1.49. The lowest BCUT2D eigenvalue weighted by Gasteiger charge is -2.24. The molecule has 0 aliphatic carbocycles. The fraction of sp³-hybridized carbons (Fsp3) is 0.842. The average Bonchev–Trinajstić information content (AvgIpc) is 3.67. The number of rotatable bonds is 69. The third kappa shape index (κ3) is 70.8. The zero-order valence-corrected chi connectivity index (χ0v) is 58.5. The van der Waals surface area contributed by atoms with E-state index in [1.54, 1.807) is 0 Å². The van der Waals surface area contributed by atoms with Crippen LogP contribution in [0.1, 0.15) is 361 Å². The second-order valence-corrected chi connectivity index (χ2v) is 27.8. The van der Waals surface area contributed by atoms with Crippen molar-refractivity contribution in [2.45, 2.75) is 367 Å². The van der Waals surface area contributed by atoms with Gasteiger partial charge in [0.2, 0.25) is 0 Å². The van der Waals surface area contributed by atoms with Gasteiger partial charge in [0.25, 0.3) is 0 Å². The summed E-state index contributed by atoms with van der Waals surface area (Å²) in [4.78, 5) is 35.9. The predicted octanol–water partition coefficient (Wildman–Crippen LogP) is 24.2. The first kappa shape index (κ1) is 83.7. The number of hydrogen-bond acceptors (Lipinski definition) is 7. The Morgan fingerprint density at radius 1 is 0.372 bits per heavy atom. The van der Waals surface area contributed by atoms with Gasteiger partial charge in [-0.05, 0) is 77.0 Å². The van der Waals surface area contributed by atoms with Crippen molar-refractivity contribution in [1.82, 2.24) is 0 Å². The molecule has 0 aromatic carbocycles. The fourth-order valence-electron chi connectivity index (χ4n) is 10.9. The number of nitrogens with zero attached hydrogens (tertiary/aromatic N) is 1. The summed E-state index contributed by atoms with van der Waals surface area (Å²) in [5, 5.41) is 0. The van der Waals surface area contributed by atoms with Crippen LogP contribution in [0, 0.1) is 0 Å². The Hall–Kier alpha value is -2.29. The molecule has 1 N–H and O–H groups in total. The lowest BCUT2D eigenvalue weighted by molar-refractivity contribution is -0.870. The van der Waals surface area contributed by atoms with Crippen LogP contribution in [0.3, 0.4) is 0 Å². The molecule has 10 heteroatoms. The van der Waals surface area contributed by atoms with Gasteiger partial charge < -0.3 is 18.9 Å². The molecule has 0 saturated heterocycles. The van der Waals surface area contributed by atoms with Crippen molar-refractivity contribution >= 4 is 19.8 Å². The Bertz CT molecular complexity index is 1630. The maximum absolute atomic E-state index is 12.9. The van der Waals surface area contributed by atoms with E-state index in [0.29, 0.717) is 23.9 Å². The van der Waals surface area contributed by atoms with Crippen molar-refractivity contribution in [2.75, 3.05) is 47.5 Å². The molecule has 2 unspecified atom stereocenters. The molecule has 0 rings (SSSR count). The minimum atomic E-state index is -4.39. The first-order valence-corrected chi connectivity index (χ1v) is 38.5. The summed E-state index contributed by atoms with van der Waals surface area (Å²) in [6, 6.07) is 0. The second kappa shape index (κ2) is 67.1. The van der Waals surface area contributed by atoms with Crippen molar-refractivity contribution in [1.29, 1.82) is 0 Å². The number of phosphoric acid groups is 1. The van der Waals surface area contributed by atoms with E-state index in [1.807, 2.05) is 21.1 Å². The van der Waals surface area contributed by atoms with Gasteiger partial charge in [0.1, 0.15) is 19.8 Å². The number of carbonyl (C=O) groups is 2. The molecule has 0 saturated carbocycles. The van der Waals surface area contributed by atoms with E-state index in [9.17, 15) is 19.0 Å². The van der Waals surface area contributed by atoms with E-state index in [4.69, 9.17) is 18.5 Å². The Morgan fingerprint density at radius 3 is 1.00 bits per heavy atom. The lowest BCUT2D eigenvalue weighted by Crippen LogP contribution is -2.37. The molecule has 0 aromatic heterocycles. The number of phosphoric ester groups is 1. The van der Waals surface area contributed by atoms with Gasteiger partial charge in [-0.3, -0.25) is 18.6 Å². The third-order valence-corrected chi connectivity index (χ3v) is 17.5. The van der Waals surface area contributed by atoms with E-state index >= 15 is 0 Å². The average molecular weight is 1230 g/mol. The number of likely N-dealkylation sites (N-methyl/N-ethyl adjacent to an activating group) is 1. The maximum Gasteiger partial charge on any atom is 0.472 e. The Kier molecular flexibility index (Phi) is 65.3. The van der Waals surface area contributed by atoms with E-state index in [2.05, 4.69) is 74.6 Å². The molecular weight excluding hydrogens is 1090 g/mol. The summed E-state index contributed by atoms with van der Waals surface area (Å²) < 4.78 is 34.8. The van der Waals surface area contributed by atoms with Crippen molar-refractivity contribution in [2.24, 2.45) is 0 Å². The minimum Gasteiger partial charge on any atom is -0.462 e. The summed E-state index contributed by atoms with van der Waals surface area (Å²) >= 11 is 0. The predicted molar refractivity (Wildman–Crippen MR) is 372 cm³/mol. The molecule has 504 valence electrons. The van der Waals surface area contributed by atoms with Gasteiger partial charge >= 0.3 is 19.8 Å². The Morgan fingerprint density at radius 2 is 0.663 bits per heavy atom. The van der Waals surface area contributed by atoms with Crippen LogP contribution in [0.15, 0.2) is 60.8 Å². The highest BCUT2D eigenvalue weighted by atomic mass is 31.2. The van der Waals surface area contributed by atoms with Crippen LogP contribution in [0.25, 0.3) is 0 Å². The Balaban J connectivity index is 3.94. The van der Waals surface area contributed by atoms with E-state index in [1.165, 1.54) is 270 Å². The smallest absolute Gasteiger partial charge is 0.462 e. The van der Waals surface area contributed by atoms with Gasteiger partial charge in [0, 0.05) is 12.8 Å². The fourth-order valence-corrected chi connectivity index (χ4v) is 11.6. The van der Waals surface area contributed by atoms with Gasteiger partial charge in [-0.1, -0.05) is 331 Å². The molecule has 0 aliphatic rings. The van der Waals surface area contributed by atoms with Gasteiger partial charge in [-0.15, -0.1) is 0 Å². The molecule has 0 aromatic rings.